The summed E-state index contributed by atoms with van der Waals surface area (Å²) in [6, 6.07) is 16.3. The molecule has 5 heteroatoms. The van der Waals surface area contributed by atoms with E-state index in [4.69, 9.17) is 4.99 Å². The smallest absolute Gasteiger partial charge is 0.148 e. The Morgan fingerprint density at radius 3 is 2.76 bits per heavy atom. The van der Waals surface area contributed by atoms with Gasteiger partial charge in [0.15, 0.2) is 0 Å². The molecule has 5 nitrogen and oxygen atoms in total. The van der Waals surface area contributed by atoms with E-state index in [1.54, 1.807) is 0 Å². The number of hydrogen-bond donors (Lipinski definition) is 1. The molecule has 2 aromatic carbocycles. The van der Waals surface area contributed by atoms with Crippen molar-refractivity contribution in [3.05, 3.63) is 59.5 Å². The maximum Gasteiger partial charge on any atom is 0.148 e. The van der Waals surface area contributed by atoms with Gasteiger partial charge in [-0.15, -0.1) is 0 Å². The van der Waals surface area contributed by atoms with Gasteiger partial charge in [0.1, 0.15) is 5.69 Å². The zero-order valence-corrected chi connectivity index (χ0v) is 11.9. The zero-order chi connectivity index (χ0) is 14.4. The summed E-state index contributed by atoms with van der Waals surface area (Å²) in [7, 11) is 3.95. The summed E-state index contributed by atoms with van der Waals surface area (Å²) in [5.41, 5.74) is 7.88. The molecule has 0 saturated heterocycles. The predicted octanol–water partition coefficient (Wildman–Crippen LogP) is 2.10. The number of quaternary nitrogens is 1. The normalized spacial score (nSPS) is 19.0. The van der Waals surface area contributed by atoms with Gasteiger partial charge in [0, 0.05) is 29.9 Å². The molecule has 0 radical (unpaired) electrons. The van der Waals surface area contributed by atoms with Crippen LogP contribution in [0.25, 0.3) is 16.3 Å². The molecule has 1 aromatic heterocycles. The number of aliphatic imine (C=N–C) groups is 1. The van der Waals surface area contributed by atoms with E-state index in [-0.39, 0.29) is 0 Å². The van der Waals surface area contributed by atoms with Crippen molar-refractivity contribution in [1.82, 2.24) is 9.78 Å². The van der Waals surface area contributed by atoms with Crippen molar-refractivity contribution in [2.45, 2.75) is 0 Å². The van der Waals surface area contributed by atoms with E-state index in [1.165, 1.54) is 0 Å². The molecular weight excluding hydrogens is 262 g/mol. The van der Waals surface area contributed by atoms with Gasteiger partial charge in [-0.05, 0) is 12.1 Å². The number of benzene rings is 2. The van der Waals surface area contributed by atoms with Gasteiger partial charge in [-0.3, -0.25) is 15.1 Å². The molecule has 4 rings (SSSR count). The molecule has 1 aliphatic heterocycles. The van der Waals surface area contributed by atoms with E-state index in [0.29, 0.717) is 0 Å². The summed E-state index contributed by atoms with van der Waals surface area (Å²) in [4.78, 5) is 4.70. The standard InChI is InChI=1S/C16H15N5/c1-20-13-9-5-3-7-11(13)15(18-20)17-16-12-8-4-6-10-14(12)21(2)19-16/h3-10,20H,1-2H3. The minimum Gasteiger partial charge on any atom is -0.413 e. The van der Waals surface area contributed by atoms with E-state index >= 15 is 0 Å². The molecule has 104 valence electrons. The predicted molar refractivity (Wildman–Crippen MR) is 83.3 cm³/mol. The van der Waals surface area contributed by atoms with Gasteiger partial charge in [-0.25, -0.2) is 0 Å². The number of hydrogen-bond acceptors (Lipinski definition) is 2. The first-order valence-corrected chi connectivity index (χ1v) is 6.89. The van der Waals surface area contributed by atoms with Gasteiger partial charge in [-0.2, -0.15) is 5.10 Å². The molecule has 1 aliphatic rings. The number of aryl methyl sites for hydroxylation is 1. The molecule has 0 aliphatic carbocycles. The van der Waals surface area contributed by atoms with Gasteiger partial charge >= 0.3 is 0 Å². The fraction of sp³-hybridized carbons (Fsp3) is 0.125. The fourth-order valence-electron chi connectivity index (χ4n) is 2.74. The third-order valence-corrected chi connectivity index (χ3v) is 3.78. The topological polar surface area (TPSA) is 48.7 Å². The average molecular weight is 277 g/mol. The Hall–Kier alpha value is -2.66. The van der Waals surface area contributed by atoms with Crippen LogP contribution >= 0.6 is 0 Å². The first kappa shape index (κ1) is 12.1. The van der Waals surface area contributed by atoms with Crippen LogP contribution in [-0.4, -0.2) is 22.7 Å². The van der Waals surface area contributed by atoms with Crippen LogP contribution < -0.4 is 5.01 Å². The van der Waals surface area contributed by atoms with Gasteiger partial charge in [0.25, 0.3) is 0 Å². The second-order valence-corrected chi connectivity index (χ2v) is 5.14. The fourth-order valence-corrected chi connectivity index (χ4v) is 2.74. The third-order valence-electron chi connectivity index (χ3n) is 3.78. The van der Waals surface area contributed by atoms with Gasteiger partial charge in [-0.1, -0.05) is 30.3 Å². The van der Waals surface area contributed by atoms with Crippen molar-refractivity contribution < 1.29 is 5.01 Å². The molecule has 0 spiro atoms. The summed E-state index contributed by atoms with van der Waals surface area (Å²) in [5, 5.41) is 6.56. The summed E-state index contributed by atoms with van der Waals surface area (Å²) in [5.74, 6) is 1.46. The summed E-state index contributed by atoms with van der Waals surface area (Å²) >= 11 is 0. The van der Waals surface area contributed by atoms with Gasteiger partial charge in [0.2, 0.25) is 0 Å². The molecule has 1 atom stereocenters. The van der Waals surface area contributed by atoms with Crippen molar-refractivity contribution in [2.24, 2.45) is 12.0 Å². The number of nitrogens with one attached hydrogen (secondary N) is 1. The number of para-hydroxylation sites is 2. The van der Waals surface area contributed by atoms with E-state index in [1.807, 2.05) is 55.2 Å². The molecule has 1 N–H and O–H groups in total. The molecule has 1 unspecified atom stereocenters. The highest BCUT2D eigenvalue weighted by Crippen LogP contribution is 2.27. The summed E-state index contributed by atoms with van der Waals surface area (Å²) < 4.78 is 1.85. The van der Waals surface area contributed by atoms with Gasteiger partial charge < -0.3 is 4.99 Å². The SMILES string of the molecule is Cn1nc(N=C2[N-][NH+](C)c3ccccc32)c2ccccc21. The number of nitrogens with zero attached hydrogens (tertiary/aromatic N) is 4. The second kappa shape index (κ2) is 4.43. The lowest BCUT2D eigenvalue weighted by Gasteiger charge is -2.10. The highest BCUT2D eigenvalue weighted by molar-refractivity contribution is 6.13. The van der Waals surface area contributed by atoms with Crippen LogP contribution in [0.3, 0.4) is 0 Å². The minimum absolute atomic E-state index is 0.719. The van der Waals surface area contributed by atoms with Crippen LogP contribution in [0.2, 0.25) is 0 Å². The monoisotopic (exact) mass is 277 g/mol. The van der Waals surface area contributed by atoms with Crippen molar-refractivity contribution in [2.75, 3.05) is 7.05 Å². The molecular formula is C16H15N5. The van der Waals surface area contributed by atoms with E-state index < -0.39 is 0 Å². The molecule has 3 aromatic rings. The lowest BCUT2D eigenvalue weighted by molar-refractivity contribution is -0.758. The highest BCUT2D eigenvalue weighted by atomic mass is 15.5. The first-order valence-electron chi connectivity index (χ1n) is 6.89. The van der Waals surface area contributed by atoms with Crippen molar-refractivity contribution in [3.63, 3.8) is 0 Å². The summed E-state index contributed by atoms with van der Waals surface area (Å²) in [6.45, 7) is 0. The number of amidine groups is 1. The number of fused-ring (bicyclic) bond motifs is 2. The molecule has 0 bridgehead atoms. The van der Waals surface area contributed by atoms with E-state index in [2.05, 4.69) is 22.7 Å². The largest absolute Gasteiger partial charge is 0.413 e. The third kappa shape index (κ3) is 1.82. The van der Waals surface area contributed by atoms with Crippen molar-refractivity contribution in [3.8, 4) is 0 Å². The molecule has 21 heavy (non-hydrogen) atoms. The Morgan fingerprint density at radius 2 is 1.86 bits per heavy atom. The second-order valence-electron chi connectivity index (χ2n) is 5.14. The molecule has 2 heterocycles. The first-order chi connectivity index (χ1) is 10.2. The van der Waals surface area contributed by atoms with E-state index in [9.17, 15) is 0 Å². The Kier molecular flexibility index (Phi) is 2.55. The molecule has 0 amide bonds. The highest BCUT2D eigenvalue weighted by Gasteiger charge is 2.20. The van der Waals surface area contributed by atoms with Crippen LogP contribution in [0.4, 0.5) is 11.5 Å². The summed E-state index contributed by atoms with van der Waals surface area (Å²) in [6.07, 6.45) is 0. The lowest BCUT2D eigenvalue weighted by atomic mass is 10.2. The molecule has 0 fully saturated rings. The maximum atomic E-state index is 4.70. The Balaban J connectivity index is 1.89. The van der Waals surface area contributed by atoms with Crippen molar-refractivity contribution in [1.29, 1.82) is 0 Å². The van der Waals surface area contributed by atoms with Crippen LogP contribution in [-0.2, 0) is 7.05 Å². The zero-order valence-electron chi connectivity index (χ0n) is 11.9. The van der Waals surface area contributed by atoms with Gasteiger partial charge in [0.05, 0.1) is 18.4 Å². The quantitative estimate of drug-likeness (QED) is 0.727. The van der Waals surface area contributed by atoms with E-state index in [0.717, 1.165) is 38.8 Å². The lowest BCUT2D eigenvalue weighted by Crippen LogP contribution is -2.98. The Labute approximate surface area is 122 Å². The van der Waals surface area contributed by atoms with Crippen LogP contribution in [0.15, 0.2) is 53.5 Å². The molecule has 0 saturated carbocycles. The van der Waals surface area contributed by atoms with Crippen LogP contribution in [0.1, 0.15) is 5.56 Å². The van der Waals surface area contributed by atoms with Crippen molar-refractivity contribution >= 4 is 28.2 Å². The average Bonchev–Trinajstić information content (AvgIpc) is 3.00. The van der Waals surface area contributed by atoms with Crippen LogP contribution in [0, 0.1) is 0 Å². The number of aromatic nitrogens is 2. The number of rotatable bonds is 1. The maximum absolute atomic E-state index is 4.70. The Bertz CT molecular complexity index is 862. The Morgan fingerprint density at radius 1 is 1.10 bits per heavy atom. The van der Waals surface area contributed by atoms with Crippen LogP contribution in [0.5, 0.6) is 0 Å². The minimum atomic E-state index is 0.719.